The van der Waals surface area contributed by atoms with Crippen LogP contribution < -0.4 is 0 Å². The zero-order chi connectivity index (χ0) is 7.98. The van der Waals surface area contributed by atoms with Gasteiger partial charge in [-0.05, 0) is 19.4 Å². The van der Waals surface area contributed by atoms with E-state index in [1.165, 1.54) is 0 Å². The van der Waals surface area contributed by atoms with Crippen molar-refractivity contribution < 1.29 is 4.74 Å². The van der Waals surface area contributed by atoms with Crippen molar-refractivity contribution in [2.24, 2.45) is 0 Å². The molecule has 0 atom stereocenters. The molecule has 0 saturated carbocycles. The molecule has 1 nitrogen and oxygen atoms in total. The second kappa shape index (κ2) is 4.69. The van der Waals surface area contributed by atoms with Gasteiger partial charge in [-0.15, -0.1) is 6.42 Å². The molecular formula is C9H12O. The molecule has 0 radical (unpaired) electrons. The van der Waals surface area contributed by atoms with Gasteiger partial charge in [-0.1, -0.05) is 12.0 Å². The molecule has 0 fully saturated rings. The zero-order valence-electron chi connectivity index (χ0n) is 6.64. The van der Waals surface area contributed by atoms with Crippen molar-refractivity contribution in [1.29, 1.82) is 0 Å². The molecule has 1 heteroatoms. The summed E-state index contributed by atoms with van der Waals surface area (Å²) in [6, 6.07) is 0. The van der Waals surface area contributed by atoms with E-state index in [0.717, 1.165) is 11.3 Å². The standard InChI is InChI=1S/C9H12O/c1-5-7-9(10-4)8(3)6-2/h1,6-7H,2-4H3/b8-6-,9-7+. The summed E-state index contributed by atoms with van der Waals surface area (Å²) >= 11 is 0. The van der Waals surface area contributed by atoms with E-state index in [9.17, 15) is 0 Å². The van der Waals surface area contributed by atoms with E-state index in [4.69, 9.17) is 11.2 Å². The SMILES string of the molecule is C#C/C=C(OC)\C(C)=C/C. The van der Waals surface area contributed by atoms with Crippen LogP contribution in [-0.2, 0) is 4.74 Å². The quantitative estimate of drug-likeness (QED) is 0.321. The van der Waals surface area contributed by atoms with Crippen LogP contribution in [0.15, 0.2) is 23.5 Å². The summed E-state index contributed by atoms with van der Waals surface area (Å²) in [6.45, 7) is 3.89. The summed E-state index contributed by atoms with van der Waals surface area (Å²) in [4.78, 5) is 0. The zero-order valence-corrected chi connectivity index (χ0v) is 6.64. The molecular weight excluding hydrogens is 124 g/mol. The third-order valence-electron chi connectivity index (χ3n) is 1.26. The van der Waals surface area contributed by atoms with Crippen molar-refractivity contribution in [3.63, 3.8) is 0 Å². The van der Waals surface area contributed by atoms with E-state index in [-0.39, 0.29) is 0 Å². The first-order valence-electron chi connectivity index (χ1n) is 3.09. The Balaban J connectivity index is 4.40. The molecule has 0 spiro atoms. The monoisotopic (exact) mass is 136 g/mol. The normalized spacial score (nSPS) is 12.6. The Bertz CT molecular complexity index is 191. The Morgan fingerprint density at radius 2 is 2.20 bits per heavy atom. The highest BCUT2D eigenvalue weighted by Crippen LogP contribution is 2.07. The van der Waals surface area contributed by atoms with Gasteiger partial charge in [0.15, 0.2) is 0 Å². The first-order chi connectivity index (χ1) is 4.76. The van der Waals surface area contributed by atoms with Gasteiger partial charge in [0.2, 0.25) is 0 Å². The highest BCUT2D eigenvalue weighted by Gasteiger charge is 1.94. The van der Waals surface area contributed by atoms with Gasteiger partial charge in [-0.25, -0.2) is 0 Å². The predicted molar refractivity (Wildman–Crippen MR) is 43.4 cm³/mol. The molecule has 0 aromatic rings. The highest BCUT2D eigenvalue weighted by molar-refractivity contribution is 5.29. The first kappa shape index (κ1) is 8.84. The molecule has 0 aromatic carbocycles. The number of terminal acetylenes is 1. The Hall–Kier alpha value is -1.16. The Morgan fingerprint density at radius 3 is 2.50 bits per heavy atom. The average Bonchev–Trinajstić information content (AvgIpc) is 1.99. The summed E-state index contributed by atoms with van der Waals surface area (Å²) in [5, 5.41) is 0. The van der Waals surface area contributed by atoms with E-state index in [2.05, 4.69) is 5.92 Å². The molecule has 10 heavy (non-hydrogen) atoms. The van der Waals surface area contributed by atoms with Gasteiger partial charge in [-0.2, -0.15) is 0 Å². The first-order valence-corrected chi connectivity index (χ1v) is 3.09. The summed E-state index contributed by atoms with van der Waals surface area (Å²) in [5.74, 6) is 3.16. The molecule has 0 aliphatic carbocycles. The lowest BCUT2D eigenvalue weighted by Crippen LogP contribution is -1.87. The molecule has 0 amide bonds. The van der Waals surface area contributed by atoms with Gasteiger partial charge in [0.05, 0.1) is 7.11 Å². The lowest BCUT2D eigenvalue weighted by atomic mass is 10.2. The number of hydrogen-bond acceptors (Lipinski definition) is 1. The van der Waals surface area contributed by atoms with E-state index < -0.39 is 0 Å². The van der Waals surface area contributed by atoms with Crippen molar-refractivity contribution in [2.45, 2.75) is 13.8 Å². The molecule has 0 aromatic heterocycles. The molecule has 0 unspecified atom stereocenters. The van der Waals surface area contributed by atoms with Crippen molar-refractivity contribution in [2.75, 3.05) is 7.11 Å². The summed E-state index contributed by atoms with van der Waals surface area (Å²) in [7, 11) is 1.61. The average molecular weight is 136 g/mol. The Morgan fingerprint density at radius 1 is 1.60 bits per heavy atom. The van der Waals surface area contributed by atoms with Crippen LogP contribution in [0.1, 0.15) is 13.8 Å². The smallest absolute Gasteiger partial charge is 0.129 e. The minimum Gasteiger partial charge on any atom is -0.496 e. The van der Waals surface area contributed by atoms with Crippen molar-refractivity contribution >= 4 is 0 Å². The van der Waals surface area contributed by atoms with Crippen LogP contribution in [0.5, 0.6) is 0 Å². The van der Waals surface area contributed by atoms with Crippen LogP contribution in [-0.4, -0.2) is 7.11 Å². The van der Waals surface area contributed by atoms with E-state index in [1.54, 1.807) is 13.2 Å². The van der Waals surface area contributed by atoms with Gasteiger partial charge in [0.1, 0.15) is 5.76 Å². The number of hydrogen-bond donors (Lipinski definition) is 0. The Kier molecular flexibility index (Phi) is 4.15. The fraction of sp³-hybridized carbons (Fsp3) is 0.333. The van der Waals surface area contributed by atoms with Crippen LogP contribution in [0.3, 0.4) is 0 Å². The minimum absolute atomic E-state index is 0.755. The third-order valence-corrected chi connectivity index (χ3v) is 1.26. The Labute approximate surface area is 62.4 Å². The van der Waals surface area contributed by atoms with Gasteiger partial charge in [0, 0.05) is 6.08 Å². The van der Waals surface area contributed by atoms with Crippen LogP contribution in [0.25, 0.3) is 0 Å². The van der Waals surface area contributed by atoms with Crippen LogP contribution in [0, 0.1) is 12.3 Å². The molecule has 54 valence electrons. The topological polar surface area (TPSA) is 9.23 Å². The summed E-state index contributed by atoms with van der Waals surface area (Å²) in [5.41, 5.74) is 1.06. The lowest BCUT2D eigenvalue weighted by molar-refractivity contribution is 0.301. The van der Waals surface area contributed by atoms with E-state index in [1.807, 2.05) is 19.9 Å². The van der Waals surface area contributed by atoms with Crippen molar-refractivity contribution in [1.82, 2.24) is 0 Å². The number of methoxy groups -OCH3 is 1. The maximum Gasteiger partial charge on any atom is 0.129 e. The minimum atomic E-state index is 0.755. The largest absolute Gasteiger partial charge is 0.496 e. The third kappa shape index (κ3) is 2.41. The molecule has 0 aliphatic heterocycles. The van der Waals surface area contributed by atoms with Gasteiger partial charge in [0.25, 0.3) is 0 Å². The van der Waals surface area contributed by atoms with Crippen molar-refractivity contribution in [3.8, 4) is 12.3 Å². The molecule has 0 saturated heterocycles. The summed E-state index contributed by atoms with van der Waals surface area (Å²) < 4.78 is 4.99. The summed E-state index contributed by atoms with van der Waals surface area (Å²) in [6.07, 6.45) is 8.62. The molecule has 0 bridgehead atoms. The van der Waals surface area contributed by atoms with Crippen LogP contribution in [0.2, 0.25) is 0 Å². The van der Waals surface area contributed by atoms with Crippen LogP contribution >= 0.6 is 0 Å². The fourth-order valence-corrected chi connectivity index (χ4v) is 0.552. The van der Waals surface area contributed by atoms with E-state index >= 15 is 0 Å². The predicted octanol–water partition coefficient (Wildman–Crippen LogP) is 2.12. The van der Waals surface area contributed by atoms with Crippen LogP contribution in [0.4, 0.5) is 0 Å². The van der Waals surface area contributed by atoms with Gasteiger partial charge >= 0.3 is 0 Å². The van der Waals surface area contributed by atoms with Gasteiger partial charge in [-0.3, -0.25) is 0 Å². The molecule has 0 heterocycles. The van der Waals surface area contributed by atoms with Gasteiger partial charge < -0.3 is 4.74 Å². The fourth-order valence-electron chi connectivity index (χ4n) is 0.552. The maximum atomic E-state index is 5.06. The lowest BCUT2D eigenvalue weighted by Gasteiger charge is -2.02. The molecule has 0 N–H and O–H groups in total. The van der Waals surface area contributed by atoms with E-state index in [0.29, 0.717) is 0 Å². The number of ether oxygens (including phenoxy) is 1. The number of rotatable bonds is 2. The second-order valence-corrected chi connectivity index (χ2v) is 1.85. The number of allylic oxidation sites excluding steroid dienone is 3. The highest BCUT2D eigenvalue weighted by atomic mass is 16.5. The molecule has 0 rings (SSSR count). The molecule has 0 aliphatic rings. The second-order valence-electron chi connectivity index (χ2n) is 1.85. The maximum absolute atomic E-state index is 5.06. The van der Waals surface area contributed by atoms with Crippen molar-refractivity contribution in [3.05, 3.63) is 23.5 Å².